The van der Waals surface area contributed by atoms with Crippen LogP contribution in [0, 0.1) is 0 Å². The van der Waals surface area contributed by atoms with Crippen LogP contribution in [-0.4, -0.2) is 94.8 Å². The van der Waals surface area contributed by atoms with Gasteiger partial charge in [0.1, 0.15) is 18.1 Å². The molecular formula is C20H36N8O6S. The first-order valence-electron chi connectivity index (χ1n) is 11.2. The lowest BCUT2D eigenvalue weighted by atomic mass is 10.1. The van der Waals surface area contributed by atoms with Gasteiger partial charge >= 0.3 is 5.97 Å². The highest BCUT2D eigenvalue weighted by Gasteiger charge is 2.38. The molecule has 1 rings (SSSR count). The van der Waals surface area contributed by atoms with Crippen molar-refractivity contribution >= 4 is 47.3 Å². The van der Waals surface area contributed by atoms with Crippen molar-refractivity contribution in [2.24, 2.45) is 27.9 Å². The van der Waals surface area contributed by atoms with Crippen LogP contribution in [0.15, 0.2) is 4.99 Å². The Morgan fingerprint density at radius 2 is 1.74 bits per heavy atom. The van der Waals surface area contributed by atoms with E-state index in [1.54, 1.807) is 0 Å². The number of carbonyl (C=O) groups is 5. The summed E-state index contributed by atoms with van der Waals surface area (Å²) in [6, 6.07) is -4.39. The molecule has 0 aliphatic carbocycles. The maximum atomic E-state index is 13.1. The summed E-state index contributed by atoms with van der Waals surface area (Å²) in [6.45, 7) is 0.363. The van der Waals surface area contributed by atoms with Crippen LogP contribution in [0.4, 0.5) is 0 Å². The van der Waals surface area contributed by atoms with Crippen LogP contribution in [0.1, 0.15) is 38.5 Å². The molecule has 0 aromatic carbocycles. The molecule has 1 aliphatic heterocycles. The number of nitrogens with zero attached hydrogens (tertiary/aromatic N) is 2. The number of thioether (sulfide) groups is 1. The monoisotopic (exact) mass is 516 g/mol. The number of aliphatic imine (C=N–C) groups is 1. The smallest absolute Gasteiger partial charge is 0.326 e. The maximum Gasteiger partial charge on any atom is 0.326 e. The summed E-state index contributed by atoms with van der Waals surface area (Å²) in [4.78, 5) is 66.7. The number of nitrogens with two attached hydrogens (primary N) is 4. The fourth-order valence-electron chi connectivity index (χ4n) is 3.59. The first-order valence-corrected chi connectivity index (χ1v) is 12.6. The van der Waals surface area contributed by atoms with E-state index in [1.165, 1.54) is 11.8 Å². The maximum absolute atomic E-state index is 13.1. The summed E-state index contributed by atoms with van der Waals surface area (Å²) < 4.78 is 0. The Balaban J connectivity index is 3.01. The second kappa shape index (κ2) is 15.0. The number of amides is 4. The van der Waals surface area contributed by atoms with E-state index in [0.29, 0.717) is 25.0 Å². The number of nitrogens with one attached hydrogen (secondary N) is 2. The highest BCUT2D eigenvalue weighted by Crippen LogP contribution is 2.19. The lowest BCUT2D eigenvalue weighted by Gasteiger charge is -2.28. The van der Waals surface area contributed by atoms with Gasteiger partial charge in [-0.2, -0.15) is 11.8 Å². The Bertz CT molecular complexity index is 806. The highest BCUT2D eigenvalue weighted by atomic mass is 32.2. The molecule has 0 aromatic heterocycles. The Labute approximate surface area is 208 Å². The number of rotatable bonds is 15. The topological polar surface area (TPSA) is 249 Å². The van der Waals surface area contributed by atoms with Crippen molar-refractivity contribution in [1.82, 2.24) is 15.5 Å². The van der Waals surface area contributed by atoms with Crippen molar-refractivity contribution in [3.05, 3.63) is 0 Å². The molecule has 4 atom stereocenters. The molecule has 4 amide bonds. The largest absolute Gasteiger partial charge is 0.480 e. The van der Waals surface area contributed by atoms with Gasteiger partial charge in [-0.25, -0.2) is 4.79 Å². The van der Waals surface area contributed by atoms with E-state index >= 15 is 0 Å². The van der Waals surface area contributed by atoms with Crippen molar-refractivity contribution < 1.29 is 29.1 Å². The molecule has 0 radical (unpaired) electrons. The predicted molar refractivity (Wildman–Crippen MR) is 131 cm³/mol. The Morgan fingerprint density at radius 3 is 2.31 bits per heavy atom. The molecule has 0 saturated carbocycles. The number of aliphatic carboxylic acids is 1. The van der Waals surface area contributed by atoms with Gasteiger partial charge in [-0.15, -0.1) is 0 Å². The average molecular weight is 517 g/mol. The van der Waals surface area contributed by atoms with E-state index in [1.807, 2.05) is 6.26 Å². The zero-order valence-electron chi connectivity index (χ0n) is 19.8. The van der Waals surface area contributed by atoms with Gasteiger partial charge in [0.2, 0.25) is 23.6 Å². The molecule has 14 nitrogen and oxygen atoms in total. The van der Waals surface area contributed by atoms with Gasteiger partial charge in [-0.05, 0) is 44.1 Å². The van der Waals surface area contributed by atoms with E-state index in [4.69, 9.17) is 22.9 Å². The van der Waals surface area contributed by atoms with Crippen LogP contribution in [0.25, 0.3) is 0 Å². The number of primary amides is 1. The molecule has 1 fully saturated rings. The minimum absolute atomic E-state index is 0.114. The molecular weight excluding hydrogens is 480 g/mol. The van der Waals surface area contributed by atoms with Crippen molar-refractivity contribution in [2.45, 2.75) is 62.7 Å². The summed E-state index contributed by atoms with van der Waals surface area (Å²) in [5.74, 6) is -3.54. The second-order valence-corrected chi connectivity index (χ2v) is 9.14. The summed E-state index contributed by atoms with van der Waals surface area (Å²) in [5.41, 5.74) is 21.8. The average Bonchev–Trinajstić information content (AvgIpc) is 3.28. The fourth-order valence-corrected chi connectivity index (χ4v) is 4.08. The van der Waals surface area contributed by atoms with Crippen molar-refractivity contribution in [3.8, 4) is 0 Å². The van der Waals surface area contributed by atoms with E-state index < -0.39 is 60.2 Å². The van der Waals surface area contributed by atoms with Crippen LogP contribution in [0.3, 0.4) is 0 Å². The summed E-state index contributed by atoms with van der Waals surface area (Å²) in [7, 11) is 0. The number of hydrogen-bond donors (Lipinski definition) is 7. The van der Waals surface area contributed by atoms with E-state index in [-0.39, 0.29) is 31.9 Å². The summed E-state index contributed by atoms with van der Waals surface area (Å²) in [6.07, 6.45) is 2.89. The first-order chi connectivity index (χ1) is 16.5. The third kappa shape index (κ3) is 10.4. The van der Waals surface area contributed by atoms with Crippen LogP contribution < -0.4 is 33.6 Å². The molecule has 1 aliphatic rings. The molecule has 0 aromatic rings. The zero-order chi connectivity index (χ0) is 26.5. The van der Waals surface area contributed by atoms with Crippen LogP contribution in [0.5, 0.6) is 0 Å². The minimum atomic E-state index is -1.39. The molecule has 0 bridgehead atoms. The number of carboxylic acid groups (broad SMARTS) is 1. The molecule has 1 saturated heterocycles. The Kier molecular flexibility index (Phi) is 12.9. The Morgan fingerprint density at radius 1 is 1.09 bits per heavy atom. The quantitative estimate of drug-likeness (QED) is 0.0661. The van der Waals surface area contributed by atoms with Gasteiger partial charge in [0.05, 0.1) is 12.5 Å². The van der Waals surface area contributed by atoms with E-state index in [9.17, 15) is 29.1 Å². The molecule has 35 heavy (non-hydrogen) atoms. The fraction of sp³-hybridized carbons (Fsp3) is 0.700. The van der Waals surface area contributed by atoms with Crippen molar-refractivity contribution in [3.63, 3.8) is 0 Å². The van der Waals surface area contributed by atoms with Gasteiger partial charge in [0, 0.05) is 13.1 Å². The molecule has 0 spiro atoms. The molecule has 15 heteroatoms. The third-order valence-corrected chi connectivity index (χ3v) is 6.03. The SMILES string of the molecule is CSCCC(N)C(=O)NC(CCCN=C(N)N)C(=O)NC(CC(N)=O)C(=O)N1CCCC1C(=O)O. The number of hydrogen-bond acceptors (Lipinski definition) is 8. The van der Waals surface area contributed by atoms with Crippen molar-refractivity contribution in [1.29, 1.82) is 0 Å². The Hall–Kier alpha value is -3.07. The summed E-state index contributed by atoms with van der Waals surface area (Å²) >= 11 is 1.52. The highest BCUT2D eigenvalue weighted by molar-refractivity contribution is 7.98. The molecule has 1 heterocycles. The van der Waals surface area contributed by atoms with E-state index in [0.717, 1.165) is 4.90 Å². The van der Waals surface area contributed by atoms with Gasteiger partial charge < -0.3 is 43.6 Å². The normalized spacial score (nSPS) is 17.7. The van der Waals surface area contributed by atoms with Gasteiger partial charge in [0.15, 0.2) is 5.96 Å². The van der Waals surface area contributed by atoms with Gasteiger partial charge in [-0.3, -0.25) is 24.2 Å². The summed E-state index contributed by atoms with van der Waals surface area (Å²) in [5, 5.41) is 14.4. The standard InChI is InChI=1S/C20H36N8O6S/c1-35-9-6-11(21)16(30)26-12(4-2-7-25-20(23)24)17(31)27-13(10-15(22)29)18(32)28-8-3-5-14(28)19(33)34/h11-14H,2-10,21H2,1H3,(H2,22,29)(H,26,30)(H,27,31)(H,33,34)(H4,23,24,25). The number of likely N-dealkylation sites (tertiary alicyclic amines) is 1. The van der Waals surface area contributed by atoms with Gasteiger partial charge in [-0.1, -0.05) is 0 Å². The number of carbonyl (C=O) groups excluding carboxylic acids is 4. The molecule has 4 unspecified atom stereocenters. The van der Waals surface area contributed by atoms with E-state index in [2.05, 4.69) is 15.6 Å². The van der Waals surface area contributed by atoms with Gasteiger partial charge in [0.25, 0.3) is 0 Å². The second-order valence-electron chi connectivity index (χ2n) is 8.16. The molecule has 198 valence electrons. The lowest BCUT2D eigenvalue weighted by molar-refractivity contribution is -0.149. The first kappa shape index (κ1) is 30.0. The number of guanidine groups is 1. The number of carboxylic acids is 1. The van der Waals surface area contributed by atoms with Crippen molar-refractivity contribution in [2.75, 3.05) is 25.1 Å². The predicted octanol–water partition coefficient (Wildman–Crippen LogP) is -2.96. The third-order valence-electron chi connectivity index (χ3n) is 5.39. The van der Waals surface area contributed by atoms with Crippen LogP contribution >= 0.6 is 11.8 Å². The minimum Gasteiger partial charge on any atom is -0.480 e. The zero-order valence-corrected chi connectivity index (χ0v) is 20.6. The lowest BCUT2D eigenvalue weighted by Crippen LogP contribution is -2.57. The van der Waals surface area contributed by atoms with Crippen LogP contribution in [-0.2, 0) is 24.0 Å². The van der Waals surface area contributed by atoms with Crippen LogP contribution in [0.2, 0.25) is 0 Å². The molecule has 11 N–H and O–H groups in total.